The van der Waals surface area contributed by atoms with E-state index in [1.54, 1.807) is 4.90 Å². The van der Waals surface area contributed by atoms with E-state index in [0.717, 1.165) is 22.6 Å². The summed E-state index contributed by atoms with van der Waals surface area (Å²) in [4.78, 5) is 16.5. The minimum Gasteiger partial charge on any atom is -0.338 e. The Morgan fingerprint density at radius 2 is 1.93 bits per heavy atom. The number of aromatic nitrogens is 2. The normalized spacial score (nSPS) is 18.3. The van der Waals surface area contributed by atoms with Crippen LogP contribution in [-0.4, -0.2) is 71.6 Å². The molecule has 29 heavy (non-hydrogen) atoms. The number of nitrogens with zero attached hydrogens (tertiary/aromatic N) is 4. The average Bonchev–Trinajstić information content (AvgIpc) is 3.16. The summed E-state index contributed by atoms with van der Waals surface area (Å²) in [6.07, 6.45) is 0.535. The Morgan fingerprint density at radius 3 is 2.52 bits per heavy atom. The van der Waals surface area contributed by atoms with Crippen molar-refractivity contribution in [3.63, 3.8) is 0 Å². The Morgan fingerprint density at radius 1 is 1.24 bits per heavy atom. The summed E-state index contributed by atoms with van der Waals surface area (Å²) >= 11 is 0. The number of amides is 1. The molecule has 1 aromatic heterocycles. The van der Waals surface area contributed by atoms with Gasteiger partial charge in [-0.3, -0.25) is 9.69 Å². The molecule has 0 aliphatic carbocycles. The van der Waals surface area contributed by atoms with E-state index in [1.807, 2.05) is 67.7 Å². The van der Waals surface area contributed by atoms with Gasteiger partial charge in [0.05, 0.1) is 29.4 Å². The predicted molar refractivity (Wildman–Crippen MR) is 114 cm³/mol. The van der Waals surface area contributed by atoms with E-state index in [-0.39, 0.29) is 30.0 Å². The molecule has 1 aromatic carbocycles. The van der Waals surface area contributed by atoms with Crippen molar-refractivity contribution in [2.75, 3.05) is 31.6 Å². The highest BCUT2D eigenvalue weighted by Crippen LogP contribution is 2.20. The van der Waals surface area contributed by atoms with Crippen LogP contribution in [0.4, 0.5) is 0 Å². The molecule has 1 saturated heterocycles. The smallest absolute Gasteiger partial charge is 0.237 e. The Hall–Kier alpha value is -2.19. The highest BCUT2D eigenvalue weighted by Gasteiger charge is 2.34. The Kier molecular flexibility index (Phi) is 6.43. The minimum absolute atomic E-state index is 0.0251. The first kappa shape index (κ1) is 21.5. The molecule has 158 valence electrons. The summed E-state index contributed by atoms with van der Waals surface area (Å²) in [7, 11) is -1.10. The fourth-order valence-corrected chi connectivity index (χ4v) is 5.76. The zero-order chi connectivity index (χ0) is 21.2. The summed E-state index contributed by atoms with van der Waals surface area (Å²) in [6.45, 7) is 7.31. The van der Waals surface area contributed by atoms with Crippen LogP contribution < -0.4 is 0 Å². The van der Waals surface area contributed by atoms with Gasteiger partial charge in [0.2, 0.25) is 5.91 Å². The first-order valence-electron chi connectivity index (χ1n) is 10.0. The van der Waals surface area contributed by atoms with E-state index in [4.69, 9.17) is 0 Å². The molecule has 0 bridgehead atoms. The summed E-state index contributed by atoms with van der Waals surface area (Å²) in [6, 6.07) is 9.79. The lowest BCUT2D eigenvalue weighted by Gasteiger charge is -2.29. The van der Waals surface area contributed by atoms with Crippen molar-refractivity contribution in [3.05, 3.63) is 47.3 Å². The van der Waals surface area contributed by atoms with Crippen molar-refractivity contribution in [1.29, 1.82) is 0 Å². The van der Waals surface area contributed by atoms with Crippen molar-refractivity contribution in [3.8, 4) is 5.69 Å². The van der Waals surface area contributed by atoms with Crippen LogP contribution >= 0.6 is 0 Å². The Labute approximate surface area is 173 Å². The molecule has 1 fully saturated rings. The van der Waals surface area contributed by atoms with E-state index in [2.05, 4.69) is 5.10 Å². The van der Waals surface area contributed by atoms with Gasteiger partial charge in [0.25, 0.3) is 0 Å². The molecular formula is C21H30N4O3S. The van der Waals surface area contributed by atoms with Gasteiger partial charge in [0, 0.05) is 30.4 Å². The van der Waals surface area contributed by atoms with E-state index >= 15 is 0 Å². The first-order chi connectivity index (χ1) is 13.7. The van der Waals surface area contributed by atoms with Crippen molar-refractivity contribution >= 4 is 15.7 Å². The van der Waals surface area contributed by atoms with Gasteiger partial charge in [0.1, 0.15) is 0 Å². The fourth-order valence-electron chi connectivity index (χ4n) is 4.03. The quantitative estimate of drug-likeness (QED) is 0.687. The Balaban J connectivity index is 1.68. The SMILES string of the molecule is CCN(C(=O)CN(C)Cc1c(C)nn(-c2ccccc2)c1C)C1CCS(=O)(=O)C1. The summed E-state index contributed by atoms with van der Waals surface area (Å²) in [5.74, 6) is 0.232. The van der Waals surface area contributed by atoms with Crippen LogP contribution in [0, 0.1) is 13.8 Å². The van der Waals surface area contributed by atoms with Gasteiger partial charge in [-0.1, -0.05) is 18.2 Å². The number of hydrogen-bond acceptors (Lipinski definition) is 5. The maximum absolute atomic E-state index is 12.8. The number of benzene rings is 1. The number of aryl methyl sites for hydroxylation is 1. The maximum Gasteiger partial charge on any atom is 0.237 e. The molecule has 1 aliphatic rings. The van der Waals surface area contributed by atoms with Crippen molar-refractivity contribution in [1.82, 2.24) is 19.6 Å². The second kappa shape index (κ2) is 8.67. The van der Waals surface area contributed by atoms with Gasteiger partial charge in [0.15, 0.2) is 9.84 Å². The highest BCUT2D eigenvalue weighted by atomic mass is 32.2. The van der Waals surface area contributed by atoms with Crippen LogP contribution in [0.1, 0.15) is 30.3 Å². The predicted octanol–water partition coefficient (Wildman–Crippen LogP) is 1.96. The summed E-state index contributed by atoms with van der Waals surface area (Å²) in [5.41, 5.74) is 4.12. The number of sulfone groups is 1. The number of carbonyl (C=O) groups is 1. The molecule has 1 amide bonds. The molecule has 1 unspecified atom stereocenters. The standard InChI is InChI=1S/C21H30N4O3S/c1-5-24(19-11-12-29(27,28)15-19)21(26)14-23(4)13-20-16(2)22-25(17(20)3)18-9-7-6-8-10-18/h6-10,19H,5,11-15H2,1-4H3. The minimum atomic E-state index is -3.01. The molecule has 3 rings (SSSR count). The van der Waals surface area contributed by atoms with Crippen LogP contribution in [0.25, 0.3) is 5.69 Å². The lowest BCUT2D eigenvalue weighted by atomic mass is 10.1. The third-order valence-corrected chi connectivity index (χ3v) is 7.34. The number of carbonyl (C=O) groups excluding carboxylic acids is 1. The molecule has 0 N–H and O–H groups in total. The number of rotatable bonds is 7. The highest BCUT2D eigenvalue weighted by molar-refractivity contribution is 7.91. The van der Waals surface area contributed by atoms with E-state index in [1.165, 1.54) is 0 Å². The molecule has 8 heteroatoms. The van der Waals surface area contributed by atoms with Gasteiger partial charge in [-0.25, -0.2) is 13.1 Å². The van der Waals surface area contributed by atoms with Crippen LogP contribution in [0.5, 0.6) is 0 Å². The second-order valence-electron chi connectivity index (χ2n) is 7.81. The van der Waals surface area contributed by atoms with E-state index in [0.29, 0.717) is 19.5 Å². The fraction of sp³-hybridized carbons (Fsp3) is 0.524. The molecule has 2 aromatic rings. The Bertz CT molecular complexity index is 969. The second-order valence-corrected chi connectivity index (χ2v) is 10.0. The largest absolute Gasteiger partial charge is 0.338 e. The third kappa shape index (κ3) is 4.87. The van der Waals surface area contributed by atoms with Gasteiger partial charge in [-0.2, -0.15) is 5.10 Å². The first-order valence-corrected chi connectivity index (χ1v) is 11.8. The maximum atomic E-state index is 12.8. The summed E-state index contributed by atoms with van der Waals surface area (Å²) < 4.78 is 25.5. The lowest BCUT2D eigenvalue weighted by molar-refractivity contribution is -0.133. The number of likely N-dealkylation sites (N-methyl/N-ethyl adjacent to an activating group) is 2. The van der Waals surface area contributed by atoms with Gasteiger partial charge in [-0.05, 0) is 46.4 Å². The van der Waals surface area contributed by atoms with Crippen molar-refractivity contribution in [2.45, 2.75) is 39.8 Å². The van der Waals surface area contributed by atoms with E-state index < -0.39 is 9.84 Å². The molecule has 7 nitrogen and oxygen atoms in total. The molecule has 1 aliphatic heterocycles. The molecule has 1 atom stereocenters. The van der Waals surface area contributed by atoms with E-state index in [9.17, 15) is 13.2 Å². The summed E-state index contributed by atoms with van der Waals surface area (Å²) in [5, 5.41) is 4.67. The lowest BCUT2D eigenvalue weighted by Crippen LogP contribution is -2.45. The molecule has 0 spiro atoms. The van der Waals surface area contributed by atoms with Crippen molar-refractivity contribution in [2.24, 2.45) is 0 Å². The topological polar surface area (TPSA) is 75.5 Å². The third-order valence-electron chi connectivity index (χ3n) is 5.59. The molecule has 2 heterocycles. The zero-order valence-electron chi connectivity index (χ0n) is 17.6. The monoisotopic (exact) mass is 418 g/mol. The number of hydrogen-bond donors (Lipinski definition) is 0. The van der Waals surface area contributed by atoms with Crippen LogP contribution in [0.3, 0.4) is 0 Å². The molecular weight excluding hydrogens is 388 g/mol. The number of para-hydroxylation sites is 1. The van der Waals surface area contributed by atoms with Gasteiger partial charge >= 0.3 is 0 Å². The molecule has 0 saturated carbocycles. The van der Waals surface area contributed by atoms with Gasteiger partial charge < -0.3 is 4.90 Å². The van der Waals surface area contributed by atoms with Crippen LogP contribution in [-0.2, 0) is 21.2 Å². The van der Waals surface area contributed by atoms with Gasteiger partial charge in [-0.15, -0.1) is 0 Å². The molecule has 0 radical (unpaired) electrons. The average molecular weight is 419 g/mol. The zero-order valence-corrected chi connectivity index (χ0v) is 18.4. The van der Waals surface area contributed by atoms with Crippen LogP contribution in [0.2, 0.25) is 0 Å². The van der Waals surface area contributed by atoms with Crippen LogP contribution in [0.15, 0.2) is 30.3 Å². The van der Waals surface area contributed by atoms with Crippen molar-refractivity contribution < 1.29 is 13.2 Å².